The topological polar surface area (TPSA) is 54.5 Å². The Morgan fingerprint density at radius 3 is 2.04 bits per heavy atom. The van der Waals surface area contributed by atoms with E-state index in [0.717, 1.165) is 4.47 Å². The summed E-state index contributed by atoms with van der Waals surface area (Å²) in [6.45, 7) is 2.87. The number of benzene rings is 2. The van der Waals surface area contributed by atoms with E-state index in [-0.39, 0.29) is 4.90 Å². The van der Waals surface area contributed by atoms with Crippen molar-refractivity contribution < 1.29 is 13.2 Å². The molecule has 122 valence electrons. The Balaban J connectivity index is 2.40. The lowest BCUT2D eigenvalue weighted by molar-refractivity contribution is -0.120. The van der Waals surface area contributed by atoms with Crippen LogP contribution in [-0.4, -0.2) is 26.1 Å². The third-order valence-electron chi connectivity index (χ3n) is 3.76. The number of sulfone groups is 1. The first-order chi connectivity index (χ1) is 10.7. The highest BCUT2D eigenvalue weighted by atomic mass is 79.9. The van der Waals surface area contributed by atoms with E-state index >= 15 is 0 Å². The molecule has 0 radical (unpaired) electrons. The minimum Gasteiger partial charge on any atom is -0.314 e. The highest BCUT2D eigenvalue weighted by Crippen LogP contribution is 2.29. The number of halogens is 1. The molecule has 0 saturated heterocycles. The molecule has 23 heavy (non-hydrogen) atoms. The zero-order valence-electron chi connectivity index (χ0n) is 13.2. The number of anilines is 1. The van der Waals surface area contributed by atoms with Crippen LogP contribution in [-0.2, 0) is 14.6 Å². The Bertz CT molecular complexity index is 799. The van der Waals surface area contributed by atoms with Gasteiger partial charge in [-0.1, -0.05) is 34.1 Å². The summed E-state index contributed by atoms with van der Waals surface area (Å²) in [7, 11) is -2.24. The number of hydrogen-bond acceptors (Lipinski definition) is 3. The molecule has 0 unspecified atom stereocenters. The second-order valence-corrected chi connectivity index (χ2v) is 9.08. The van der Waals surface area contributed by atoms with Gasteiger partial charge >= 0.3 is 0 Å². The molecule has 2 aromatic rings. The monoisotopic (exact) mass is 395 g/mol. The molecule has 1 amide bonds. The second kappa shape index (κ2) is 6.45. The summed E-state index contributed by atoms with van der Waals surface area (Å²) in [6, 6.07) is 15.3. The quantitative estimate of drug-likeness (QED) is 0.793. The van der Waals surface area contributed by atoms with Crippen molar-refractivity contribution in [1.82, 2.24) is 0 Å². The Hall–Kier alpha value is -1.66. The van der Waals surface area contributed by atoms with Crippen LogP contribution >= 0.6 is 15.9 Å². The molecule has 0 aromatic heterocycles. The zero-order chi connectivity index (χ0) is 17.3. The van der Waals surface area contributed by atoms with E-state index in [1.165, 1.54) is 30.9 Å². The molecule has 0 bridgehead atoms. The van der Waals surface area contributed by atoms with E-state index in [4.69, 9.17) is 0 Å². The van der Waals surface area contributed by atoms with Gasteiger partial charge in [-0.15, -0.1) is 0 Å². The van der Waals surface area contributed by atoms with Gasteiger partial charge < -0.3 is 4.90 Å². The normalized spacial score (nSPS) is 12.0. The second-order valence-electron chi connectivity index (χ2n) is 5.67. The number of carbonyl (C=O) groups is 1. The smallest absolute Gasteiger partial charge is 0.247 e. The highest BCUT2D eigenvalue weighted by Gasteiger charge is 2.44. The molecular formula is C17H18BrNO3S. The molecule has 0 heterocycles. The van der Waals surface area contributed by atoms with Crippen molar-refractivity contribution in [3.8, 4) is 0 Å². The van der Waals surface area contributed by atoms with Crippen molar-refractivity contribution >= 4 is 37.4 Å². The molecule has 0 atom stereocenters. The van der Waals surface area contributed by atoms with Crippen LogP contribution in [0, 0.1) is 0 Å². The number of nitrogens with zero attached hydrogens (tertiary/aromatic N) is 1. The van der Waals surface area contributed by atoms with Crippen molar-refractivity contribution in [2.75, 3.05) is 11.9 Å². The number of hydrogen-bond donors (Lipinski definition) is 0. The number of rotatable bonds is 4. The number of carbonyl (C=O) groups excluding carboxylic acids is 1. The summed E-state index contributed by atoms with van der Waals surface area (Å²) in [5.74, 6) is -0.480. The molecule has 0 aliphatic carbocycles. The lowest BCUT2D eigenvalue weighted by Crippen LogP contribution is -2.48. The number of para-hydroxylation sites is 1. The molecule has 2 aromatic carbocycles. The zero-order valence-corrected chi connectivity index (χ0v) is 15.6. The van der Waals surface area contributed by atoms with Crippen LogP contribution in [0.4, 0.5) is 5.69 Å². The molecule has 0 aliphatic rings. The molecule has 4 nitrogen and oxygen atoms in total. The van der Waals surface area contributed by atoms with E-state index < -0.39 is 20.5 Å². The minimum atomic E-state index is -3.82. The fraction of sp³-hybridized carbons (Fsp3) is 0.235. The highest BCUT2D eigenvalue weighted by molar-refractivity contribution is 9.10. The first-order valence-corrected chi connectivity index (χ1v) is 9.29. The van der Waals surface area contributed by atoms with Gasteiger partial charge in [0.05, 0.1) is 4.90 Å². The summed E-state index contributed by atoms with van der Waals surface area (Å²) < 4.78 is 25.0. The van der Waals surface area contributed by atoms with E-state index in [0.29, 0.717) is 5.69 Å². The van der Waals surface area contributed by atoms with Crippen molar-refractivity contribution in [2.45, 2.75) is 23.5 Å². The van der Waals surface area contributed by atoms with Gasteiger partial charge in [-0.3, -0.25) is 4.79 Å². The molecular weight excluding hydrogens is 378 g/mol. The Morgan fingerprint density at radius 2 is 1.52 bits per heavy atom. The maximum absolute atomic E-state index is 12.9. The summed E-state index contributed by atoms with van der Waals surface area (Å²) in [4.78, 5) is 14.3. The van der Waals surface area contributed by atoms with Gasteiger partial charge in [0.25, 0.3) is 0 Å². The molecule has 0 saturated carbocycles. The van der Waals surface area contributed by atoms with Crippen molar-refractivity contribution in [1.29, 1.82) is 0 Å². The number of amides is 1. The Kier molecular flexibility index (Phi) is 4.96. The first-order valence-electron chi connectivity index (χ1n) is 7.01. The largest absolute Gasteiger partial charge is 0.314 e. The van der Waals surface area contributed by atoms with Crippen molar-refractivity contribution in [2.24, 2.45) is 0 Å². The first kappa shape index (κ1) is 17.7. The SMILES string of the molecule is CN(C(=O)C(C)(C)S(=O)(=O)c1ccc(Br)cc1)c1ccccc1. The standard InChI is InChI=1S/C17H18BrNO3S/c1-17(2,16(20)19(3)14-7-5-4-6-8-14)23(21,22)15-11-9-13(18)10-12-15/h4-12H,1-3H3. The molecule has 6 heteroatoms. The lowest BCUT2D eigenvalue weighted by Gasteiger charge is -2.29. The molecule has 0 fully saturated rings. The van der Waals surface area contributed by atoms with E-state index in [1.807, 2.05) is 6.07 Å². The van der Waals surface area contributed by atoms with Gasteiger partial charge in [0.1, 0.15) is 4.75 Å². The van der Waals surface area contributed by atoms with Crippen molar-refractivity contribution in [3.05, 3.63) is 59.1 Å². The van der Waals surface area contributed by atoms with Crippen LogP contribution in [0.2, 0.25) is 0 Å². The summed E-state index contributed by atoms with van der Waals surface area (Å²) >= 11 is 3.28. The van der Waals surface area contributed by atoms with Gasteiger partial charge in [-0.2, -0.15) is 0 Å². The van der Waals surface area contributed by atoms with Gasteiger partial charge in [0, 0.05) is 17.2 Å². The lowest BCUT2D eigenvalue weighted by atomic mass is 10.1. The summed E-state index contributed by atoms with van der Waals surface area (Å²) in [6.07, 6.45) is 0. The van der Waals surface area contributed by atoms with Crippen LogP contribution < -0.4 is 4.90 Å². The predicted octanol–water partition coefficient (Wildman–Crippen LogP) is 3.66. The van der Waals surface area contributed by atoms with Gasteiger partial charge in [0.2, 0.25) is 5.91 Å². The van der Waals surface area contributed by atoms with E-state index in [1.54, 1.807) is 43.4 Å². The van der Waals surface area contributed by atoms with Gasteiger partial charge in [0.15, 0.2) is 9.84 Å². The Morgan fingerprint density at radius 1 is 1.00 bits per heavy atom. The van der Waals surface area contributed by atoms with E-state index in [9.17, 15) is 13.2 Å². The van der Waals surface area contributed by atoms with Crippen LogP contribution in [0.25, 0.3) is 0 Å². The molecule has 0 spiro atoms. The predicted molar refractivity (Wildman–Crippen MR) is 95.3 cm³/mol. The fourth-order valence-corrected chi connectivity index (χ4v) is 3.91. The maximum Gasteiger partial charge on any atom is 0.247 e. The molecule has 0 aliphatic heterocycles. The molecule has 2 rings (SSSR count). The van der Waals surface area contributed by atoms with Crippen LogP contribution in [0.15, 0.2) is 64.0 Å². The molecule has 0 N–H and O–H groups in total. The van der Waals surface area contributed by atoms with Crippen molar-refractivity contribution in [3.63, 3.8) is 0 Å². The van der Waals surface area contributed by atoms with Crippen LogP contribution in [0.1, 0.15) is 13.8 Å². The summed E-state index contributed by atoms with van der Waals surface area (Å²) in [5.41, 5.74) is 0.650. The average Bonchev–Trinajstić information content (AvgIpc) is 2.54. The summed E-state index contributed by atoms with van der Waals surface area (Å²) in [5, 5.41) is 0. The maximum atomic E-state index is 12.9. The van der Waals surface area contributed by atoms with Gasteiger partial charge in [-0.25, -0.2) is 8.42 Å². The minimum absolute atomic E-state index is 0.125. The third-order valence-corrected chi connectivity index (χ3v) is 6.70. The Labute approximate surface area is 145 Å². The fourth-order valence-electron chi connectivity index (χ4n) is 2.20. The van der Waals surface area contributed by atoms with Crippen LogP contribution in [0.3, 0.4) is 0 Å². The average molecular weight is 396 g/mol. The van der Waals surface area contributed by atoms with Gasteiger partial charge in [-0.05, 0) is 50.2 Å². The third kappa shape index (κ3) is 3.33. The van der Waals surface area contributed by atoms with Crippen LogP contribution in [0.5, 0.6) is 0 Å². The van der Waals surface area contributed by atoms with E-state index in [2.05, 4.69) is 15.9 Å².